The van der Waals surface area contributed by atoms with Crippen LogP contribution in [0.2, 0.25) is 0 Å². The van der Waals surface area contributed by atoms with Crippen molar-refractivity contribution >= 4 is 0 Å². The summed E-state index contributed by atoms with van der Waals surface area (Å²) in [5.74, 6) is -0.325. The van der Waals surface area contributed by atoms with Gasteiger partial charge in [-0.1, -0.05) is 0 Å². The first-order valence-corrected chi connectivity index (χ1v) is 4.30. The molecule has 2 fully saturated rings. The lowest BCUT2D eigenvalue weighted by molar-refractivity contribution is 0.0486. The Morgan fingerprint density at radius 1 is 1.09 bits per heavy atom. The van der Waals surface area contributed by atoms with E-state index < -0.39 is 6.43 Å². The minimum absolute atomic E-state index is 0.325. The summed E-state index contributed by atoms with van der Waals surface area (Å²) >= 11 is 0. The molecule has 64 valence electrons. The smallest absolute Gasteiger partial charge is 0.241 e. The maximum absolute atomic E-state index is 12.3. The summed E-state index contributed by atoms with van der Waals surface area (Å²) in [5, 5.41) is 3.34. The lowest BCUT2D eigenvalue weighted by Crippen LogP contribution is -2.40. The molecule has 3 atom stereocenters. The minimum Gasteiger partial charge on any atom is -0.311 e. The van der Waals surface area contributed by atoms with E-state index in [0.717, 1.165) is 12.8 Å². The molecule has 2 heterocycles. The largest absolute Gasteiger partial charge is 0.311 e. The van der Waals surface area contributed by atoms with E-state index >= 15 is 0 Å². The van der Waals surface area contributed by atoms with E-state index in [2.05, 4.69) is 5.32 Å². The SMILES string of the molecule is FC(F)C1C[C@H]2CC[C@@H](C1)N2. The van der Waals surface area contributed by atoms with Crippen LogP contribution in [0.1, 0.15) is 25.7 Å². The number of hydrogen-bond acceptors (Lipinski definition) is 1. The molecule has 11 heavy (non-hydrogen) atoms. The van der Waals surface area contributed by atoms with Crippen molar-refractivity contribution in [2.24, 2.45) is 5.92 Å². The Hall–Kier alpha value is -0.180. The number of halogens is 2. The summed E-state index contributed by atoms with van der Waals surface area (Å²) in [5.41, 5.74) is 0. The summed E-state index contributed by atoms with van der Waals surface area (Å²) in [4.78, 5) is 0. The summed E-state index contributed by atoms with van der Waals surface area (Å²) < 4.78 is 24.5. The Morgan fingerprint density at radius 3 is 2.09 bits per heavy atom. The van der Waals surface area contributed by atoms with Crippen LogP contribution in [-0.2, 0) is 0 Å². The Kier molecular flexibility index (Phi) is 1.83. The topological polar surface area (TPSA) is 12.0 Å². The lowest BCUT2D eigenvalue weighted by Gasteiger charge is -2.28. The molecule has 0 aromatic rings. The van der Waals surface area contributed by atoms with E-state index in [9.17, 15) is 8.78 Å². The van der Waals surface area contributed by atoms with Gasteiger partial charge in [0, 0.05) is 18.0 Å². The molecule has 3 heteroatoms. The maximum atomic E-state index is 12.3. The van der Waals surface area contributed by atoms with Gasteiger partial charge >= 0.3 is 0 Å². The number of fused-ring (bicyclic) bond motifs is 2. The van der Waals surface area contributed by atoms with Crippen molar-refractivity contribution in [1.29, 1.82) is 0 Å². The highest BCUT2D eigenvalue weighted by atomic mass is 19.3. The van der Waals surface area contributed by atoms with Crippen LogP contribution in [-0.4, -0.2) is 18.5 Å². The fraction of sp³-hybridized carbons (Fsp3) is 1.00. The number of nitrogens with one attached hydrogen (secondary N) is 1. The molecule has 2 saturated heterocycles. The zero-order valence-corrected chi connectivity index (χ0v) is 6.39. The van der Waals surface area contributed by atoms with Gasteiger partial charge in [-0.25, -0.2) is 8.78 Å². The van der Waals surface area contributed by atoms with E-state index in [0.29, 0.717) is 24.9 Å². The minimum atomic E-state index is -2.10. The van der Waals surface area contributed by atoms with Crippen LogP contribution in [0, 0.1) is 5.92 Å². The van der Waals surface area contributed by atoms with Gasteiger partial charge in [-0.3, -0.25) is 0 Å². The van der Waals surface area contributed by atoms with Crippen LogP contribution in [0.5, 0.6) is 0 Å². The summed E-state index contributed by atoms with van der Waals surface area (Å²) in [7, 11) is 0. The number of alkyl halides is 2. The van der Waals surface area contributed by atoms with E-state index in [1.54, 1.807) is 0 Å². The average molecular weight is 161 g/mol. The molecule has 1 N–H and O–H groups in total. The van der Waals surface area contributed by atoms with E-state index in [1.165, 1.54) is 0 Å². The van der Waals surface area contributed by atoms with Crippen molar-refractivity contribution in [3.63, 3.8) is 0 Å². The number of piperidine rings is 1. The zero-order valence-electron chi connectivity index (χ0n) is 6.39. The van der Waals surface area contributed by atoms with Gasteiger partial charge in [-0.2, -0.15) is 0 Å². The normalized spacial score (nSPS) is 43.4. The molecule has 2 aliphatic heterocycles. The second-order valence-electron chi connectivity index (χ2n) is 3.70. The molecule has 0 spiro atoms. The van der Waals surface area contributed by atoms with Crippen LogP contribution in [0.25, 0.3) is 0 Å². The highest BCUT2D eigenvalue weighted by Gasteiger charge is 2.37. The molecule has 1 nitrogen and oxygen atoms in total. The predicted molar refractivity (Wildman–Crippen MR) is 38.7 cm³/mol. The average Bonchev–Trinajstić information content (AvgIpc) is 2.30. The molecule has 2 bridgehead atoms. The maximum Gasteiger partial charge on any atom is 0.241 e. The Morgan fingerprint density at radius 2 is 1.64 bits per heavy atom. The van der Waals surface area contributed by atoms with Crippen molar-refractivity contribution < 1.29 is 8.78 Å². The number of rotatable bonds is 1. The van der Waals surface area contributed by atoms with E-state index in [1.807, 2.05) is 0 Å². The molecule has 2 aliphatic rings. The Balaban J connectivity index is 1.97. The van der Waals surface area contributed by atoms with Crippen LogP contribution in [0.15, 0.2) is 0 Å². The second-order valence-corrected chi connectivity index (χ2v) is 3.70. The highest BCUT2D eigenvalue weighted by molar-refractivity contribution is 4.92. The van der Waals surface area contributed by atoms with Gasteiger partial charge in [0.25, 0.3) is 0 Å². The molecule has 1 unspecified atom stereocenters. The number of hydrogen-bond donors (Lipinski definition) is 1. The molecule has 0 aromatic heterocycles. The first-order chi connectivity index (χ1) is 5.25. The first kappa shape index (κ1) is 7.47. The van der Waals surface area contributed by atoms with Crippen molar-refractivity contribution in [2.75, 3.05) is 0 Å². The third kappa shape index (κ3) is 1.39. The van der Waals surface area contributed by atoms with Gasteiger partial charge in [-0.15, -0.1) is 0 Å². The predicted octanol–water partition coefficient (Wildman–Crippen LogP) is 1.78. The van der Waals surface area contributed by atoms with Gasteiger partial charge in [0.05, 0.1) is 0 Å². The molecular weight excluding hydrogens is 148 g/mol. The zero-order chi connectivity index (χ0) is 7.84. The molecule has 0 aliphatic carbocycles. The standard InChI is InChI=1S/C8H13F2N/c9-8(10)5-3-6-1-2-7(4-5)11-6/h5-8,11H,1-4H2/t5?,6-,7+. The molecule has 0 saturated carbocycles. The van der Waals surface area contributed by atoms with Gasteiger partial charge in [-0.05, 0) is 25.7 Å². The van der Waals surface area contributed by atoms with Gasteiger partial charge < -0.3 is 5.32 Å². The summed E-state index contributed by atoms with van der Waals surface area (Å²) in [6.45, 7) is 0. The quantitative estimate of drug-likeness (QED) is 0.618. The molecular formula is C8H13F2N. The fourth-order valence-electron chi connectivity index (χ4n) is 2.31. The highest BCUT2D eigenvalue weighted by Crippen LogP contribution is 2.33. The van der Waals surface area contributed by atoms with E-state index in [-0.39, 0.29) is 5.92 Å². The summed E-state index contributed by atoms with van der Waals surface area (Å²) in [6.07, 6.45) is 1.49. The van der Waals surface area contributed by atoms with Crippen LogP contribution in [0.3, 0.4) is 0 Å². The van der Waals surface area contributed by atoms with Crippen molar-refractivity contribution in [1.82, 2.24) is 5.32 Å². The Bertz CT molecular complexity index is 137. The monoisotopic (exact) mass is 161 g/mol. The summed E-state index contributed by atoms with van der Waals surface area (Å²) in [6, 6.07) is 0.792. The van der Waals surface area contributed by atoms with Crippen molar-refractivity contribution in [2.45, 2.75) is 44.2 Å². The lowest BCUT2D eigenvalue weighted by atomic mass is 9.93. The Labute approximate surface area is 65.2 Å². The van der Waals surface area contributed by atoms with Gasteiger partial charge in [0.1, 0.15) is 0 Å². The second kappa shape index (κ2) is 2.70. The molecule has 0 radical (unpaired) electrons. The molecule has 0 aromatic carbocycles. The van der Waals surface area contributed by atoms with Gasteiger partial charge in [0.15, 0.2) is 0 Å². The third-order valence-electron chi connectivity index (χ3n) is 2.87. The first-order valence-electron chi connectivity index (χ1n) is 4.30. The molecule has 0 amide bonds. The van der Waals surface area contributed by atoms with Crippen LogP contribution < -0.4 is 5.32 Å². The fourth-order valence-corrected chi connectivity index (χ4v) is 2.31. The van der Waals surface area contributed by atoms with Crippen LogP contribution in [0.4, 0.5) is 8.78 Å². The van der Waals surface area contributed by atoms with E-state index in [4.69, 9.17) is 0 Å². The third-order valence-corrected chi connectivity index (χ3v) is 2.87. The van der Waals surface area contributed by atoms with Crippen molar-refractivity contribution in [3.05, 3.63) is 0 Å². The van der Waals surface area contributed by atoms with Crippen LogP contribution >= 0.6 is 0 Å². The van der Waals surface area contributed by atoms with Gasteiger partial charge in [0.2, 0.25) is 6.43 Å². The molecule has 2 rings (SSSR count). The van der Waals surface area contributed by atoms with Crippen molar-refractivity contribution in [3.8, 4) is 0 Å².